The largest absolute Gasteiger partial charge is 0.480 e. The third-order valence-electron chi connectivity index (χ3n) is 3.31. The molecule has 7 heteroatoms. The maximum Gasteiger partial charge on any atom is 0.322 e. The molecule has 122 valence electrons. The second kappa shape index (κ2) is 8.73. The van der Waals surface area contributed by atoms with Crippen LogP contribution in [0.3, 0.4) is 0 Å². The number of ether oxygens (including phenoxy) is 1. The molecule has 2 unspecified atom stereocenters. The summed E-state index contributed by atoms with van der Waals surface area (Å²) in [6.45, 7) is 3.08. The molecule has 1 fully saturated rings. The minimum Gasteiger partial charge on any atom is -0.480 e. The third-order valence-corrected chi connectivity index (χ3v) is 3.31. The van der Waals surface area contributed by atoms with E-state index in [4.69, 9.17) is 9.84 Å². The van der Waals surface area contributed by atoms with Crippen LogP contribution in [0.4, 0.5) is 0 Å². The van der Waals surface area contributed by atoms with Crippen LogP contribution < -0.4 is 5.32 Å². The number of aliphatic carboxylic acids is 1. The van der Waals surface area contributed by atoms with Crippen molar-refractivity contribution in [3.05, 3.63) is 35.9 Å². The van der Waals surface area contributed by atoms with Crippen molar-refractivity contribution in [2.45, 2.75) is 19.1 Å². The maximum absolute atomic E-state index is 11.7. The number of hydrogen-bond acceptors (Lipinski definition) is 4. The van der Waals surface area contributed by atoms with Gasteiger partial charge >= 0.3 is 5.97 Å². The van der Waals surface area contributed by atoms with Crippen molar-refractivity contribution in [3.63, 3.8) is 0 Å². The molecule has 0 radical (unpaired) electrons. The minimum absolute atomic E-state index is 0. The molecule has 1 amide bonds. The molecule has 0 aromatic heterocycles. The van der Waals surface area contributed by atoms with Crippen molar-refractivity contribution in [2.24, 2.45) is 0 Å². The monoisotopic (exact) mass is 328 g/mol. The molecule has 6 nitrogen and oxygen atoms in total. The lowest BCUT2D eigenvalue weighted by Crippen LogP contribution is -2.47. The Bertz CT molecular complexity index is 498. The van der Waals surface area contributed by atoms with E-state index < -0.39 is 5.97 Å². The standard InChI is InChI=1S/C15H20N2O4.ClH/c1-11-8-17(10-14(18)16-7-15(19)20)9-13(21-11)12-5-3-2-4-6-12;/h2-6,11,13H,7-10H2,1H3,(H,16,18)(H,19,20);1H. The second-order valence-electron chi connectivity index (χ2n) is 5.21. The fourth-order valence-electron chi connectivity index (χ4n) is 2.45. The fourth-order valence-corrected chi connectivity index (χ4v) is 2.45. The van der Waals surface area contributed by atoms with Gasteiger partial charge in [-0.2, -0.15) is 0 Å². The first-order valence-electron chi connectivity index (χ1n) is 6.96. The summed E-state index contributed by atoms with van der Waals surface area (Å²) in [7, 11) is 0. The molecule has 1 aliphatic heterocycles. The number of carboxylic acid groups (broad SMARTS) is 1. The molecule has 0 bridgehead atoms. The molecule has 22 heavy (non-hydrogen) atoms. The predicted molar refractivity (Wildman–Crippen MR) is 84.1 cm³/mol. The number of nitrogens with one attached hydrogen (secondary N) is 1. The zero-order valence-corrected chi connectivity index (χ0v) is 13.2. The van der Waals surface area contributed by atoms with Crippen LogP contribution in [0.2, 0.25) is 0 Å². The van der Waals surface area contributed by atoms with Crippen LogP contribution >= 0.6 is 12.4 Å². The van der Waals surface area contributed by atoms with Crippen molar-refractivity contribution >= 4 is 24.3 Å². The van der Waals surface area contributed by atoms with Gasteiger partial charge in [0.1, 0.15) is 6.54 Å². The van der Waals surface area contributed by atoms with Gasteiger partial charge in [0, 0.05) is 13.1 Å². The van der Waals surface area contributed by atoms with E-state index in [0.717, 1.165) is 5.56 Å². The van der Waals surface area contributed by atoms with E-state index in [1.807, 2.05) is 42.2 Å². The highest BCUT2D eigenvalue weighted by atomic mass is 35.5. The first kappa shape index (κ1) is 18.4. The smallest absolute Gasteiger partial charge is 0.322 e. The summed E-state index contributed by atoms with van der Waals surface area (Å²) in [5.74, 6) is -1.32. The Morgan fingerprint density at radius 1 is 1.32 bits per heavy atom. The fraction of sp³-hybridized carbons (Fsp3) is 0.467. The van der Waals surface area contributed by atoms with E-state index >= 15 is 0 Å². The Labute approximate surface area is 135 Å². The van der Waals surface area contributed by atoms with Crippen molar-refractivity contribution in [3.8, 4) is 0 Å². The zero-order valence-electron chi connectivity index (χ0n) is 12.4. The van der Waals surface area contributed by atoms with E-state index in [2.05, 4.69) is 5.32 Å². The molecular formula is C15H21ClN2O4. The minimum atomic E-state index is -1.04. The van der Waals surface area contributed by atoms with Crippen LogP contribution in [0.5, 0.6) is 0 Å². The second-order valence-corrected chi connectivity index (χ2v) is 5.21. The van der Waals surface area contributed by atoms with Crippen molar-refractivity contribution in [2.75, 3.05) is 26.2 Å². The van der Waals surface area contributed by atoms with Crippen LogP contribution in [0.1, 0.15) is 18.6 Å². The van der Waals surface area contributed by atoms with Crippen LogP contribution in [-0.2, 0) is 14.3 Å². The predicted octanol–water partition coefficient (Wildman–Crippen LogP) is 1.07. The van der Waals surface area contributed by atoms with E-state index in [1.54, 1.807) is 0 Å². The van der Waals surface area contributed by atoms with Gasteiger partial charge in [-0.3, -0.25) is 14.5 Å². The maximum atomic E-state index is 11.7. The van der Waals surface area contributed by atoms with Crippen LogP contribution in [-0.4, -0.2) is 54.2 Å². The average Bonchev–Trinajstić information content (AvgIpc) is 2.45. The van der Waals surface area contributed by atoms with Gasteiger partial charge in [-0.1, -0.05) is 30.3 Å². The highest BCUT2D eigenvalue weighted by Gasteiger charge is 2.27. The first-order valence-corrected chi connectivity index (χ1v) is 6.96. The number of carbonyl (C=O) groups excluding carboxylic acids is 1. The topological polar surface area (TPSA) is 78.9 Å². The molecule has 1 aromatic rings. The van der Waals surface area contributed by atoms with Gasteiger partial charge in [0.2, 0.25) is 5.91 Å². The van der Waals surface area contributed by atoms with Gasteiger partial charge in [0.05, 0.1) is 18.8 Å². The highest BCUT2D eigenvalue weighted by Crippen LogP contribution is 2.24. The SMILES string of the molecule is CC1CN(CC(=O)NCC(=O)O)CC(c2ccccc2)O1.Cl. The lowest BCUT2D eigenvalue weighted by atomic mass is 10.1. The molecule has 0 saturated carbocycles. The summed E-state index contributed by atoms with van der Waals surface area (Å²) in [5, 5.41) is 10.9. The number of benzene rings is 1. The quantitative estimate of drug-likeness (QED) is 0.845. The highest BCUT2D eigenvalue weighted by molar-refractivity contribution is 5.85. The molecule has 2 N–H and O–H groups in total. The third kappa shape index (κ3) is 5.63. The number of halogens is 1. The molecule has 0 aliphatic carbocycles. The Hall–Kier alpha value is -1.63. The summed E-state index contributed by atoms with van der Waals surface area (Å²) in [6.07, 6.45) is -0.0431. The molecule has 1 heterocycles. The lowest BCUT2D eigenvalue weighted by Gasteiger charge is -2.36. The van der Waals surface area contributed by atoms with Crippen LogP contribution in [0.15, 0.2) is 30.3 Å². The number of nitrogens with zero attached hydrogens (tertiary/aromatic N) is 1. The first-order chi connectivity index (χ1) is 10.0. The number of hydrogen-bond donors (Lipinski definition) is 2. The Kier molecular flexibility index (Phi) is 7.31. The average molecular weight is 329 g/mol. The molecule has 0 spiro atoms. The molecule has 2 rings (SSSR count). The summed E-state index contributed by atoms with van der Waals surface area (Å²) in [4.78, 5) is 24.1. The van der Waals surface area contributed by atoms with Gasteiger partial charge in [-0.15, -0.1) is 12.4 Å². The zero-order chi connectivity index (χ0) is 15.2. The number of rotatable bonds is 5. The molecule has 1 saturated heterocycles. The van der Waals surface area contributed by atoms with Gasteiger partial charge in [-0.25, -0.2) is 0 Å². The Morgan fingerprint density at radius 3 is 2.64 bits per heavy atom. The molecule has 1 aromatic carbocycles. The van der Waals surface area contributed by atoms with E-state index in [-0.39, 0.29) is 43.6 Å². The van der Waals surface area contributed by atoms with Gasteiger partial charge in [0.25, 0.3) is 0 Å². The summed E-state index contributed by atoms with van der Waals surface area (Å²) >= 11 is 0. The van der Waals surface area contributed by atoms with Crippen molar-refractivity contribution < 1.29 is 19.4 Å². The van der Waals surface area contributed by atoms with Gasteiger partial charge in [0.15, 0.2) is 0 Å². The number of carboxylic acids is 1. The van der Waals surface area contributed by atoms with Gasteiger partial charge < -0.3 is 15.2 Å². The van der Waals surface area contributed by atoms with E-state index in [9.17, 15) is 9.59 Å². The van der Waals surface area contributed by atoms with Crippen LogP contribution in [0, 0.1) is 0 Å². The number of amides is 1. The van der Waals surface area contributed by atoms with Crippen molar-refractivity contribution in [1.29, 1.82) is 0 Å². The summed E-state index contributed by atoms with van der Waals surface area (Å²) in [6, 6.07) is 9.88. The molecular weight excluding hydrogens is 308 g/mol. The number of carbonyl (C=O) groups is 2. The normalized spacial score (nSPS) is 21.7. The van der Waals surface area contributed by atoms with E-state index in [0.29, 0.717) is 13.1 Å². The summed E-state index contributed by atoms with van der Waals surface area (Å²) in [5.41, 5.74) is 1.08. The van der Waals surface area contributed by atoms with E-state index in [1.165, 1.54) is 0 Å². The number of morpholine rings is 1. The molecule has 2 atom stereocenters. The Balaban J connectivity index is 0.00000242. The summed E-state index contributed by atoms with van der Waals surface area (Å²) < 4.78 is 5.91. The molecule has 1 aliphatic rings. The lowest BCUT2D eigenvalue weighted by molar-refractivity contribution is -0.138. The van der Waals surface area contributed by atoms with Crippen molar-refractivity contribution in [1.82, 2.24) is 10.2 Å². The van der Waals surface area contributed by atoms with Crippen LogP contribution in [0.25, 0.3) is 0 Å². The van der Waals surface area contributed by atoms with Gasteiger partial charge in [-0.05, 0) is 12.5 Å². The Morgan fingerprint density at radius 2 is 2.00 bits per heavy atom.